The predicted octanol–water partition coefficient (Wildman–Crippen LogP) is 2.84. The third kappa shape index (κ3) is 5.01. The highest BCUT2D eigenvalue weighted by molar-refractivity contribution is 9.10. The van der Waals surface area contributed by atoms with Crippen LogP contribution < -0.4 is 14.8 Å². The molecule has 0 heterocycles. The normalized spacial score (nSPS) is 12.3. The summed E-state index contributed by atoms with van der Waals surface area (Å²) in [5.41, 5.74) is 1.15. The molecule has 0 saturated heterocycles. The van der Waals surface area contributed by atoms with E-state index in [1.807, 2.05) is 12.1 Å². The van der Waals surface area contributed by atoms with Gasteiger partial charge in [-0.05, 0) is 39.5 Å². The Morgan fingerprint density at radius 1 is 1.21 bits per heavy atom. The van der Waals surface area contributed by atoms with Crippen LogP contribution in [0.25, 0.3) is 0 Å². The molecule has 1 N–H and O–H groups in total. The maximum atomic E-state index is 5.32. The lowest BCUT2D eigenvalue weighted by Crippen LogP contribution is -2.23. The van der Waals surface area contributed by atoms with Crippen molar-refractivity contribution < 1.29 is 14.2 Å². The minimum Gasteiger partial charge on any atom is -0.493 e. The van der Waals surface area contributed by atoms with Crippen LogP contribution in [0.2, 0.25) is 0 Å². The van der Waals surface area contributed by atoms with Gasteiger partial charge in [0.25, 0.3) is 0 Å². The third-order valence-corrected chi connectivity index (χ3v) is 3.36. The quantitative estimate of drug-likeness (QED) is 0.795. The van der Waals surface area contributed by atoms with Gasteiger partial charge in [-0.25, -0.2) is 0 Å². The molecular weight excluding hydrogens is 310 g/mol. The molecule has 1 aromatic rings. The molecule has 0 fully saturated rings. The highest BCUT2D eigenvalue weighted by Gasteiger charge is 2.10. The number of halogens is 1. The monoisotopic (exact) mass is 331 g/mol. The first-order valence-corrected chi connectivity index (χ1v) is 7.01. The van der Waals surface area contributed by atoms with Gasteiger partial charge >= 0.3 is 0 Å². The summed E-state index contributed by atoms with van der Waals surface area (Å²) < 4.78 is 16.6. The zero-order valence-electron chi connectivity index (χ0n) is 12.0. The van der Waals surface area contributed by atoms with E-state index >= 15 is 0 Å². The first-order chi connectivity index (χ1) is 9.12. The fourth-order valence-electron chi connectivity index (χ4n) is 1.88. The Kier molecular flexibility index (Phi) is 7.20. The summed E-state index contributed by atoms with van der Waals surface area (Å²) in [4.78, 5) is 0. The molecule has 1 unspecified atom stereocenters. The van der Waals surface area contributed by atoms with Crippen LogP contribution in [0.3, 0.4) is 0 Å². The van der Waals surface area contributed by atoms with Gasteiger partial charge in [-0.1, -0.05) is 6.92 Å². The molecule has 0 saturated carbocycles. The summed E-state index contributed by atoms with van der Waals surface area (Å²) in [6.45, 7) is 4.62. The van der Waals surface area contributed by atoms with Gasteiger partial charge < -0.3 is 19.5 Å². The highest BCUT2D eigenvalue weighted by Crippen LogP contribution is 2.36. The molecule has 0 aliphatic carbocycles. The molecule has 0 aromatic heterocycles. The maximum absolute atomic E-state index is 5.32. The van der Waals surface area contributed by atoms with E-state index in [2.05, 4.69) is 28.2 Å². The molecule has 108 valence electrons. The lowest BCUT2D eigenvalue weighted by molar-refractivity contribution is 0.158. The SMILES string of the molecule is COCC(C)CNCc1cc(Br)c(OC)c(OC)c1. The van der Waals surface area contributed by atoms with E-state index in [4.69, 9.17) is 14.2 Å². The van der Waals surface area contributed by atoms with E-state index in [0.717, 1.165) is 41.2 Å². The Labute approximate surface area is 123 Å². The summed E-state index contributed by atoms with van der Waals surface area (Å²) in [6, 6.07) is 4.02. The molecule has 1 rings (SSSR count). The minimum absolute atomic E-state index is 0.494. The Morgan fingerprint density at radius 3 is 2.53 bits per heavy atom. The van der Waals surface area contributed by atoms with Crippen LogP contribution in [-0.4, -0.2) is 34.5 Å². The number of methoxy groups -OCH3 is 3. The topological polar surface area (TPSA) is 39.7 Å². The molecule has 0 radical (unpaired) electrons. The van der Waals surface area contributed by atoms with Crippen LogP contribution in [0.15, 0.2) is 16.6 Å². The molecule has 0 aliphatic heterocycles. The number of ether oxygens (including phenoxy) is 3. The van der Waals surface area contributed by atoms with Gasteiger partial charge in [-0.15, -0.1) is 0 Å². The summed E-state index contributed by atoms with van der Waals surface area (Å²) in [7, 11) is 5.00. The second-order valence-electron chi connectivity index (χ2n) is 4.50. The van der Waals surface area contributed by atoms with E-state index in [0.29, 0.717) is 5.92 Å². The molecule has 1 atom stereocenters. The Bertz CT molecular complexity index is 399. The van der Waals surface area contributed by atoms with Gasteiger partial charge in [0.1, 0.15) is 0 Å². The summed E-state index contributed by atoms with van der Waals surface area (Å²) in [5, 5.41) is 3.41. The predicted molar refractivity (Wildman–Crippen MR) is 80.0 cm³/mol. The zero-order valence-corrected chi connectivity index (χ0v) is 13.5. The first-order valence-electron chi connectivity index (χ1n) is 6.22. The van der Waals surface area contributed by atoms with Crippen LogP contribution in [-0.2, 0) is 11.3 Å². The van der Waals surface area contributed by atoms with Gasteiger partial charge in [0.05, 0.1) is 18.7 Å². The molecule has 1 aromatic carbocycles. The van der Waals surface area contributed by atoms with Crippen molar-refractivity contribution in [2.24, 2.45) is 5.92 Å². The van der Waals surface area contributed by atoms with Crippen molar-refractivity contribution in [2.75, 3.05) is 34.5 Å². The van der Waals surface area contributed by atoms with Crippen LogP contribution in [0.5, 0.6) is 11.5 Å². The fraction of sp³-hybridized carbons (Fsp3) is 0.571. The molecular formula is C14H22BrNO3. The van der Waals surface area contributed by atoms with Crippen LogP contribution in [0.4, 0.5) is 0 Å². The molecule has 5 heteroatoms. The van der Waals surface area contributed by atoms with E-state index in [1.54, 1.807) is 21.3 Å². The Morgan fingerprint density at radius 2 is 1.95 bits per heavy atom. The number of rotatable bonds is 8. The van der Waals surface area contributed by atoms with Crippen LogP contribution in [0.1, 0.15) is 12.5 Å². The van der Waals surface area contributed by atoms with Crippen molar-refractivity contribution in [1.82, 2.24) is 5.32 Å². The minimum atomic E-state index is 0.494. The summed E-state index contributed by atoms with van der Waals surface area (Å²) >= 11 is 3.49. The van der Waals surface area contributed by atoms with Gasteiger partial charge in [0.15, 0.2) is 11.5 Å². The van der Waals surface area contributed by atoms with Gasteiger partial charge in [-0.3, -0.25) is 0 Å². The Hall–Kier alpha value is -0.780. The molecule has 0 bridgehead atoms. The van der Waals surface area contributed by atoms with Crippen molar-refractivity contribution in [1.29, 1.82) is 0 Å². The number of hydrogen-bond acceptors (Lipinski definition) is 4. The van der Waals surface area contributed by atoms with Gasteiger partial charge in [-0.2, -0.15) is 0 Å². The largest absolute Gasteiger partial charge is 0.493 e. The van der Waals surface area contributed by atoms with Crippen molar-refractivity contribution in [2.45, 2.75) is 13.5 Å². The average Bonchev–Trinajstić information content (AvgIpc) is 2.38. The van der Waals surface area contributed by atoms with Gasteiger partial charge in [0, 0.05) is 26.8 Å². The van der Waals surface area contributed by atoms with E-state index < -0.39 is 0 Å². The summed E-state index contributed by atoms with van der Waals surface area (Å²) in [6.07, 6.45) is 0. The smallest absolute Gasteiger partial charge is 0.174 e. The summed E-state index contributed by atoms with van der Waals surface area (Å²) in [5.74, 6) is 1.95. The zero-order chi connectivity index (χ0) is 14.3. The lowest BCUT2D eigenvalue weighted by Gasteiger charge is -2.14. The molecule has 0 spiro atoms. The van der Waals surface area contributed by atoms with Crippen LogP contribution >= 0.6 is 15.9 Å². The number of benzene rings is 1. The number of nitrogens with one attached hydrogen (secondary N) is 1. The first kappa shape index (κ1) is 16.3. The molecule has 19 heavy (non-hydrogen) atoms. The van der Waals surface area contributed by atoms with E-state index in [1.165, 1.54) is 0 Å². The number of hydrogen-bond donors (Lipinski definition) is 1. The van der Waals surface area contributed by atoms with Crippen molar-refractivity contribution in [3.8, 4) is 11.5 Å². The molecule has 0 aliphatic rings. The highest BCUT2D eigenvalue weighted by atomic mass is 79.9. The van der Waals surface area contributed by atoms with Crippen molar-refractivity contribution in [3.63, 3.8) is 0 Å². The standard InChI is InChI=1S/C14H22BrNO3/c1-10(9-17-2)7-16-8-11-5-12(15)14(19-4)13(6-11)18-3/h5-6,10,16H,7-9H2,1-4H3. The molecule has 4 nitrogen and oxygen atoms in total. The molecule has 0 amide bonds. The van der Waals surface area contributed by atoms with E-state index in [9.17, 15) is 0 Å². The Balaban J connectivity index is 2.62. The lowest BCUT2D eigenvalue weighted by atomic mass is 10.1. The van der Waals surface area contributed by atoms with Crippen molar-refractivity contribution in [3.05, 3.63) is 22.2 Å². The third-order valence-electron chi connectivity index (χ3n) is 2.77. The fourth-order valence-corrected chi connectivity index (χ4v) is 2.53. The second kappa shape index (κ2) is 8.40. The van der Waals surface area contributed by atoms with Gasteiger partial charge in [0.2, 0.25) is 0 Å². The van der Waals surface area contributed by atoms with E-state index in [-0.39, 0.29) is 0 Å². The van der Waals surface area contributed by atoms with Crippen LogP contribution in [0, 0.1) is 5.92 Å². The van der Waals surface area contributed by atoms with Crippen molar-refractivity contribution >= 4 is 15.9 Å². The average molecular weight is 332 g/mol. The maximum Gasteiger partial charge on any atom is 0.174 e. The second-order valence-corrected chi connectivity index (χ2v) is 5.36.